The van der Waals surface area contributed by atoms with Gasteiger partial charge in [-0.15, -0.1) is 0 Å². The number of guanidine groups is 1. The van der Waals surface area contributed by atoms with Crippen molar-refractivity contribution >= 4 is 16.9 Å². The van der Waals surface area contributed by atoms with E-state index in [9.17, 15) is 0 Å². The zero-order valence-corrected chi connectivity index (χ0v) is 16.6. The van der Waals surface area contributed by atoms with E-state index in [0.717, 1.165) is 48.8 Å². The van der Waals surface area contributed by atoms with Crippen molar-refractivity contribution in [2.24, 2.45) is 4.99 Å². The lowest BCUT2D eigenvalue weighted by Gasteiger charge is -2.12. The average Bonchev–Trinajstić information content (AvgIpc) is 3.24. The van der Waals surface area contributed by atoms with Crippen LogP contribution in [0.5, 0.6) is 0 Å². The van der Waals surface area contributed by atoms with Crippen molar-refractivity contribution in [3.63, 3.8) is 0 Å². The minimum absolute atomic E-state index is 0.668. The maximum atomic E-state index is 5.43. The molecule has 144 valence electrons. The van der Waals surface area contributed by atoms with Gasteiger partial charge in [-0.3, -0.25) is 4.99 Å². The molecule has 2 aromatic heterocycles. The second-order valence-corrected chi connectivity index (χ2v) is 6.61. The zero-order valence-electron chi connectivity index (χ0n) is 16.6. The Morgan fingerprint density at radius 2 is 1.96 bits per heavy atom. The minimum atomic E-state index is 0.668. The molecule has 0 unspecified atom stereocenters. The highest BCUT2D eigenvalue weighted by atomic mass is 16.5. The van der Waals surface area contributed by atoms with Crippen LogP contribution in [0.2, 0.25) is 0 Å². The Labute approximate surface area is 160 Å². The monoisotopic (exact) mass is 367 g/mol. The van der Waals surface area contributed by atoms with E-state index in [1.165, 1.54) is 22.2 Å². The third-order valence-corrected chi connectivity index (χ3v) is 4.96. The fourth-order valence-electron chi connectivity index (χ4n) is 3.49. The van der Waals surface area contributed by atoms with Crippen molar-refractivity contribution in [1.82, 2.24) is 20.8 Å². The molecule has 0 radical (unpaired) electrons. The molecule has 0 aliphatic carbocycles. The number of para-hydroxylation sites is 1. The quantitative estimate of drug-likeness (QED) is 0.441. The fourth-order valence-corrected chi connectivity index (χ4v) is 3.49. The number of hydrogen-bond acceptors (Lipinski definition) is 3. The molecule has 0 fully saturated rings. The summed E-state index contributed by atoms with van der Waals surface area (Å²) in [5.74, 6) is 1.74. The summed E-state index contributed by atoms with van der Waals surface area (Å²) in [5, 5.41) is 12.3. The highest BCUT2D eigenvalue weighted by Crippen LogP contribution is 2.22. The molecule has 0 bridgehead atoms. The van der Waals surface area contributed by atoms with Crippen LogP contribution in [-0.2, 0) is 25.8 Å². The summed E-state index contributed by atoms with van der Waals surface area (Å²) in [6.45, 7) is 7.79. The minimum Gasteiger partial charge on any atom is -0.361 e. The van der Waals surface area contributed by atoms with Crippen LogP contribution < -0.4 is 10.6 Å². The Bertz CT molecular complexity index is 900. The molecule has 6 nitrogen and oxygen atoms in total. The van der Waals surface area contributed by atoms with Gasteiger partial charge in [-0.1, -0.05) is 37.2 Å². The summed E-state index contributed by atoms with van der Waals surface area (Å²) in [6.07, 6.45) is 2.65. The molecule has 0 amide bonds. The molecular formula is C21H29N5O. The number of H-pyrrole nitrogens is 1. The predicted molar refractivity (Wildman–Crippen MR) is 110 cm³/mol. The van der Waals surface area contributed by atoms with Crippen LogP contribution in [-0.4, -0.2) is 29.7 Å². The summed E-state index contributed by atoms with van der Waals surface area (Å²) in [6, 6.07) is 8.44. The molecule has 0 saturated heterocycles. The number of rotatable bonds is 7. The molecule has 0 aliphatic rings. The van der Waals surface area contributed by atoms with E-state index in [2.05, 4.69) is 70.8 Å². The Morgan fingerprint density at radius 3 is 2.70 bits per heavy atom. The predicted octanol–water partition coefficient (Wildman–Crippen LogP) is 3.50. The molecule has 3 N–H and O–H groups in total. The Kier molecular flexibility index (Phi) is 6.16. The summed E-state index contributed by atoms with van der Waals surface area (Å²) in [7, 11) is 1.79. The van der Waals surface area contributed by atoms with Gasteiger partial charge in [-0.25, -0.2) is 0 Å². The first-order chi connectivity index (χ1) is 13.2. The molecule has 6 heteroatoms. The second kappa shape index (κ2) is 8.75. The molecule has 3 aromatic rings. The number of aryl methyl sites for hydroxylation is 3. The van der Waals surface area contributed by atoms with E-state index in [4.69, 9.17) is 4.52 Å². The van der Waals surface area contributed by atoms with Crippen molar-refractivity contribution in [3.05, 3.63) is 52.5 Å². The topological polar surface area (TPSA) is 78.2 Å². The molecule has 0 atom stereocenters. The highest BCUT2D eigenvalue weighted by Gasteiger charge is 2.14. The summed E-state index contributed by atoms with van der Waals surface area (Å²) < 4.78 is 5.43. The zero-order chi connectivity index (χ0) is 19.2. The van der Waals surface area contributed by atoms with Crippen LogP contribution in [0, 0.1) is 6.92 Å². The third kappa shape index (κ3) is 4.15. The number of nitrogens with one attached hydrogen (secondary N) is 3. The molecule has 0 saturated carbocycles. The number of fused-ring (bicyclic) bond motifs is 1. The molecule has 0 spiro atoms. The summed E-state index contributed by atoms with van der Waals surface area (Å²) in [5.41, 5.74) is 5.94. The number of nitrogens with zero attached hydrogens (tertiary/aromatic N) is 2. The smallest absolute Gasteiger partial charge is 0.191 e. The molecule has 2 heterocycles. The van der Waals surface area contributed by atoms with Gasteiger partial charge in [0.05, 0.1) is 5.69 Å². The van der Waals surface area contributed by atoms with Gasteiger partial charge in [-0.05, 0) is 31.4 Å². The number of hydrogen-bond donors (Lipinski definition) is 3. The van der Waals surface area contributed by atoms with Crippen molar-refractivity contribution in [1.29, 1.82) is 0 Å². The second-order valence-electron chi connectivity index (χ2n) is 6.61. The van der Waals surface area contributed by atoms with Gasteiger partial charge in [0, 0.05) is 48.7 Å². The Balaban J connectivity index is 1.58. The molecule has 3 rings (SSSR count). The van der Waals surface area contributed by atoms with Crippen molar-refractivity contribution < 1.29 is 4.52 Å². The Hall–Kier alpha value is -2.76. The first-order valence-electron chi connectivity index (χ1n) is 9.64. The maximum absolute atomic E-state index is 5.43. The number of benzene rings is 1. The number of aromatic amines is 1. The maximum Gasteiger partial charge on any atom is 0.191 e. The number of aromatic nitrogens is 2. The van der Waals surface area contributed by atoms with Crippen LogP contribution in [0.1, 0.15) is 42.1 Å². The molecule has 1 aromatic carbocycles. The highest BCUT2D eigenvalue weighted by molar-refractivity contribution is 5.84. The van der Waals surface area contributed by atoms with Crippen LogP contribution >= 0.6 is 0 Å². The normalized spacial score (nSPS) is 11.9. The van der Waals surface area contributed by atoms with Crippen molar-refractivity contribution in [2.75, 3.05) is 13.6 Å². The van der Waals surface area contributed by atoms with Gasteiger partial charge in [0.2, 0.25) is 0 Å². The van der Waals surface area contributed by atoms with Crippen molar-refractivity contribution in [2.45, 2.75) is 46.6 Å². The van der Waals surface area contributed by atoms with E-state index < -0.39 is 0 Å². The SMILES string of the molecule is CCc1noc(CC)c1CNC(=NC)NCCc1c(C)[nH]c2ccccc12. The Morgan fingerprint density at radius 1 is 1.15 bits per heavy atom. The third-order valence-electron chi connectivity index (χ3n) is 4.96. The van der Waals surface area contributed by atoms with Crippen LogP contribution in [0.4, 0.5) is 0 Å². The van der Waals surface area contributed by atoms with Crippen LogP contribution in [0.3, 0.4) is 0 Å². The number of aliphatic imine (C=N–C) groups is 1. The molecule has 0 aliphatic heterocycles. The van der Waals surface area contributed by atoms with E-state index in [1.807, 2.05) is 0 Å². The molecular weight excluding hydrogens is 338 g/mol. The molecule has 27 heavy (non-hydrogen) atoms. The van der Waals surface area contributed by atoms with Gasteiger partial charge in [0.15, 0.2) is 5.96 Å². The van der Waals surface area contributed by atoms with Crippen LogP contribution in [0.25, 0.3) is 10.9 Å². The largest absolute Gasteiger partial charge is 0.361 e. The van der Waals surface area contributed by atoms with Crippen LogP contribution in [0.15, 0.2) is 33.8 Å². The van der Waals surface area contributed by atoms with E-state index in [0.29, 0.717) is 6.54 Å². The standard InChI is InChI=1S/C21H29N5O/c1-5-18-17(20(6-2)27-26-18)13-24-21(22-4)23-12-11-15-14(3)25-19-10-8-7-9-16(15)19/h7-10,25H,5-6,11-13H2,1-4H3,(H2,22,23,24). The lowest BCUT2D eigenvalue weighted by Crippen LogP contribution is -2.38. The van der Waals surface area contributed by atoms with E-state index >= 15 is 0 Å². The van der Waals surface area contributed by atoms with Gasteiger partial charge >= 0.3 is 0 Å². The fraction of sp³-hybridized carbons (Fsp3) is 0.429. The van der Waals surface area contributed by atoms with E-state index in [-0.39, 0.29) is 0 Å². The first-order valence-corrected chi connectivity index (χ1v) is 9.64. The lowest BCUT2D eigenvalue weighted by molar-refractivity contribution is 0.380. The van der Waals surface area contributed by atoms with Gasteiger partial charge < -0.3 is 20.1 Å². The van der Waals surface area contributed by atoms with Gasteiger partial charge in [-0.2, -0.15) is 0 Å². The van der Waals surface area contributed by atoms with E-state index in [1.54, 1.807) is 7.05 Å². The lowest BCUT2D eigenvalue weighted by atomic mass is 10.1. The summed E-state index contributed by atoms with van der Waals surface area (Å²) >= 11 is 0. The first kappa shape index (κ1) is 19.0. The average molecular weight is 367 g/mol. The van der Waals surface area contributed by atoms with Gasteiger partial charge in [0.25, 0.3) is 0 Å². The van der Waals surface area contributed by atoms with Crippen molar-refractivity contribution in [3.8, 4) is 0 Å². The van der Waals surface area contributed by atoms with Gasteiger partial charge in [0.1, 0.15) is 5.76 Å². The summed E-state index contributed by atoms with van der Waals surface area (Å²) in [4.78, 5) is 7.79.